The maximum Gasteiger partial charge on any atom is 0.268 e. The van der Waals surface area contributed by atoms with Crippen molar-refractivity contribution in [3.8, 4) is 11.5 Å². The minimum atomic E-state index is -0.378. The van der Waals surface area contributed by atoms with Gasteiger partial charge >= 0.3 is 0 Å². The van der Waals surface area contributed by atoms with E-state index in [0.29, 0.717) is 24.5 Å². The molecule has 6 nitrogen and oxygen atoms in total. The van der Waals surface area contributed by atoms with Crippen LogP contribution >= 0.6 is 11.3 Å². The molecule has 2 aromatic carbocycles. The van der Waals surface area contributed by atoms with Crippen molar-refractivity contribution in [3.63, 3.8) is 0 Å². The maximum absolute atomic E-state index is 12.9. The molecule has 1 aromatic heterocycles. The Morgan fingerprint density at radius 1 is 1.03 bits per heavy atom. The van der Waals surface area contributed by atoms with Gasteiger partial charge in [0.15, 0.2) is 0 Å². The van der Waals surface area contributed by atoms with Crippen LogP contribution in [0.3, 0.4) is 0 Å². The summed E-state index contributed by atoms with van der Waals surface area (Å²) in [5.41, 5.74) is 1.50. The third kappa shape index (κ3) is 6.45. The Kier molecular flexibility index (Phi) is 7.84. The molecular weight excluding hydrogens is 412 g/mol. The first-order chi connectivity index (χ1) is 15.1. The molecule has 0 radical (unpaired) electrons. The Bertz CT molecular complexity index is 1040. The van der Waals surface area contributed by atoms with Gasteiger partial charge in [-0.05, 0) is 66.4 Å². The topological polar surface area (TPSA) is 76.7 Å². The first-order valence-corrected chi connectivity index (χ1v) is 10.7. The molecule has 0 aliphatic heterocycles. The predicted octanol–water partition coefficient (Wildman–Crippen LogP) is 4.24. The summed E-state index contributed by atoms with van der Waals surface area (Å²) < 4.78 is 10.6. The van der Waals surface area contributed by atoms with Crippen LogP contribution in [-0.4, -0.2) is 25.5 Å². The molecule has 0 unspecified atom stereocenters. The predicted molar refractivity (Wildman–Crippen MR) is 122 cm³/mol. The van der Waals surface area contributed by atoms with Gasteiger partial charge in [0, 0.05) is 17.0 Å². The molecular formula is C24H24N2O4S. The number of carbonyl (C=O) groups is 2. The number of amides is 2. The highest BCUT2D eigenvalue weighted by Gasteiger charge is 2.15. The Balaban J connectivity index is 1.73. The summed E-state index contributed by atoms with van der Waals surface area (Å²) in [6.07, 6.45) is 1.66. The number of hydrogen-bond acceptors (Lipinski definition) is 5. The van der Waals surface area contributed by atoms with Crippen molar-refractivity contribution >= 4 is 29.2 Å². The minimum absolute atomic E-state index is 0.171. The normalized spacial score (nSPS) is 11.0. The molecule has 0 fully saturated rings. The highest BCUT2D eigenvalue weighted by molar-refractivity contribution is 7.10. The SMILES string of the molecule is CCOc1cccc(CNC(=O)/C(=C/c2cccs2)NC(=O)c2ccc(OC)cc2)c1. The number of hydrogen-bond donors (Lipinski definition) is 2. The number of benzene rings is 2. The lowest BCUT2D eigenvalue weighted by Crippen LogP contribution is -2.34. The van der Waals surface area contributed by atoms with Crippen molar-refractivity contribution in [3.05, 3.63) is 87.7 Å². The van der Waals surface area contributed by atoms with Gasteiger partial charge in [-0.25, -0.2) is 0 Å². The number of thiophene rings is 1. The fourth-order valence-electron chi connectivity index (χ4n) is 2.80. The van der Waals surface area contributed by atoms with Gasteiger partial charge in [-0.15, -0.1) is 11.3 Å². The Morgan fingerprint density at radius 3 is 2.52 bits per heavy atom. The summed E-state index contributed by atoms with van der Waals surface area (Å²) in [7, 11) is 1.56. The quantitative estimate of drug-likeness (QED) is 0.492. The van der Waals surface area contributed by atoms with Gasteiger partial charge in [0.05, 0.1) is 13.7 Å². The molecule has 0 bridgehead atoms. The van der Waals surface area contributed by atoms with E-state index in [4.69, 9.17) is 9.47 Å². The lowest BCUT2D eigenvalue weighted by atomic mass is 10.2. The van der Waals surface area contributed by atoms with E-state index >= 15 is 0 Å². The summed E-state index contributed by atoms with van der Waals surface area (Å²) in [6, 6.07) is 18.0. The van der Waals surface area contributed by atoms with Gasteiger partial charge in [0.25, 0.3) is 11.8 Å². The van der Waals surface area contributed by atoms with E-state index in [0.717, 1.165) is 16.2 Å². The van der Waals surface area contributed by atoms with Crippen molar-refractivity contribution in [1.82, 2.24) is 10.6 Å². The molecule has 7 heteroatoms. The van der Waals surface area contributed by atoms with Crippen molar-refractivity contribution in [2.45, 2.75) is 13.5 Å². The summed E-state index contributed by atoms with van der Waals surface area (Å²) >= 11 is 1.48. The van der Waals surface area contributed by atoms with E-state index < -0.39 is 0 Å². The number of carbonyl (C=O) groups excluding carboxylic acids is 2. The van der Waals surface area contributed by atoms with E-state index in [9.17, 15) is 9.59 Å². The third-order valence-corrected chi connectivity index (χ3v) is 5.16. The molecule has 3 rings (SSSR count). The first kappa shape index (κ1) is 22.1. The van der Waals surface area contributed by atoms with Crippen LogP contribution in [0.5, 0.6) is 11.5 Å². The Morgan fingerprint density at radius 2 is 1.84 bits per heavy atom. The first-order valence-electron chi connectivity index (χ1n) is 9.79. The van der Waals surface area contributed by atoms with Crippen molar-refractivity contribution in [2.75, 3.05) is 13.7 Å². The molecule has 2 amide bonds. The number of rotatable bonds is 9. The second kappa shape index (κ2) is 11.0. The number of nitrogens with one attached hydrogen (secondary N) is 2. The maximum atomic E-state index is 12.9. The Labute approximate surface area is 185 Å². The Hall–Kier alpha value is -3.58. The van der Waals surface area contributed by atoms with Crippen LogP contribution in [0.15, 0.2) is 71.7 Å². The van der Waals surface area contributed by atoms with Gasteiger partial charge < -0.3 is 20.1 Å². The fraction of sp³-hybridized carbons (Fsp3) is 0.167. The van der Waals surface area contributed by atoms with Crippen LogP contribution in [0, 0.1) is 0 Å². The molecule has 0 aliphatic carbocycles. The van der Waals surface area contributed by atoms with Crippen LogP contribution in [-0.2, 0) is 11.3 Å². The summed E-state index contributed by atoms with van der Waals surface area (Å²) in [6.45, 7) is 2.79. The molecule has 0 atom stereocenters. The largest absolute Gasteiger partial charge is 0.497 e. The van der Waals surface area contributed by atoms with Crippen LogP contribution in [0.25, 0.3) is 6.08 Å². The fourth-order valence-corrected chi connectivity index (χ4v) is 3.46. The van der Waals surface area contributed by atoms with Crippen molar-refractivity contribution in [2.24, 2.45) is 0 Å². The average molecular weight is 437 g/mol. The molecule has 2 N–H and O–H groups in total. The van der Waals surface area contributed by atoms with Gasteiger partial charge in [-0.1, -0.05) is 18.2 Å². The second-order valence-electron chi connectivity index (χ2n) is 6.52. The molecule has 0 spiro atoms. The third-order valence-electron chi connectivity index (χ3n) is 4.34. The smallest absolute Gasteiger partial charge is 0.268 e. The van der Waals surface area contributed by atoms with Gasteiger partial charge in [-0.3, -0.25) is 9.59 Å². The lowest BCUT2D eigenvalue weighted by Gasteiger charge is -2.12. The molecule has 3 aromatic rings. The summed E-state index contributed by atoms with van der Waals surface area (Å²) in [5, 5.41) is 7.50. The van der Waals surface area contributed by atoms with Gasteiger partial charge in [-0.2, -0.15) is 0 Å². The van der Waals surface area contributed by atoms with Crippen molar-refractivity contribution < 1.29 is 19.1 Å². The molecule has 1 heterocycles. The van der Waals surface area contributed by atoms with Crippen LogP contribution in [0.4, 0.5) is 0 Å². The zero-order valence-corrected chi connectivity index (χ0v) is 18.2. The molecule has 160 valence electrons. The standard InChI is InChI=1S/C24H24N2O4S/c1-3-30-20-7-4-6-17(14-20)16-25-24(28)22(15-21-8-5-13-31-21)26-23(27)18-9-11-19(29-2)12-10-18/h4-15H,3,16H2,1-2H3,(H,25,28)(H,26,27)/b22-15-. The zero-order chi connectivity index (χ0) is 22.1. The van der Waals surface area contributed by atoms with E-state index in [-0.39, 0.29) is 17.5 Å². The lowest BCUT2D eigenvalue weighted by molar-refractivity contribution is -0.117. The van der Waals surface area contributed by atoms with Crippen molar-refractivity contribution in [1.29, 1.82) is 0 Å². The molecule has 31 heavy (non-hydrogen) atoms. The van der Waals surface area contributed by atoms with Crippen LogP contribution < -0.4 is 20.1 Å². The van der Waals surface area contributed by atoms with Gasteiger partial charge in [0.1, 0.15) is 17.2 Å². The van der Waals surface area contributed by atoms with E-state index in [1.807, 2.05) is 48.7 Å². The molecule has 0 aliphatic rings. The van der Waals surface area contributed by atoms with E-state index in [2.05, 4.69) is 10.6 Å². The summed E-state index contributed by atoms with van der Waals surface area (Å²) in [4.78, 5) is 26.4. The molecule has 0 saturated carbocycles. The number of methoxy groups -OCH3 is 1. The zero-order valence-electron chi connectivity index (χ0n) is 17.4. The highest BCUT2D eigenvalue weighted by Crippen LogP contribution is 2.16. The highest BCUT2D eigenvalue weighted by atomic mass is 32.1. The molecule has 0 saturated heterocycles. The monoisotopic (exact) mass is 436 g/mol. The number of ether oxygens (including phenoxy) is 2. The van der Waals surface area contributed by atoms with Gasteiger partial charge in [0.2, 0.25) is 0 Å². The summed E-state index contributed by atoms with van der Waals surface area (Å²) in [5.74, 6) is 0.644. The van der Waals surface area contributed by atoms with Crippen LogP contribution in [0.2, 0.25) is 0 Å². The second-order valence-corrected chi connectivity index (χ2v) is 7.50. The van der Waals surface area contributed by atoms with E-state index in [1.54, 1.807) is 37.5 Å². The average Bonchev–Trinajstić information content (AvgIpc) is 3.31. The minimum Gasteiger partial charge on any atom is -0.497 e. The van der Waals surface area contributed by atoms with E-state index in [1.165, 1.54) is 11.3 Å². The van der Waals surface area contributed by atoms with Crippen LogP contribution in [0.1, 0.15) is 27.7 Å².